The molecular formula is C14H17N3OS. The topological polar surface area (TPSA) is 54.0 Å². The summed E-state index contributed by atoms with van der Waals surface area (Å²) in [6.07, 6.45) is 0.878. The Hall–Kier alpha value is -1.88. The van der Waals surface area contributed by atoms with E-state index in [-0.39, 0.29) is 6.03 Å². The first-order valence-electron chi connectivity index (χ1n) is 6.22. The molecule has 0 saturated heterocycles. The summed E-state index contributed by atoms with van der Waals surface area (Å²) in [6.45, 7) is 4.58. The number of carbonyl (C=O) groups is 1. The quantitative estimate of drug-likeness (QED) is 0.899. The summed E-state index contributed by atoms with van der Waals surface area (Å²) < 4.78 is 0. The number of hydrogen-bond acceptors (Lipinski definition) is 3. The Morgan fingerprint density at radius 1 is 1.42 bits per heavy atom. The highest BCUT2D eigenvalue weighted by molar-refractivity contribution is 7.13. The monoisotopic (exact) mass is 275 g/mol. The van der Waals surface area contributed by atoms with Crippen LogP contribution in [0.25, 0.3) is 0 Å². The van der Waals surface area contributed by atoms with Gasteiger partial charge in [-0.1, -0.05) is 36.8 Å². The average Bonchev–Trinajstić information content (AvgIpc) is 2.84. The first-order valence-corrected chi connectivity index (χ1v) is 7.10. The summed E-state index contributed by atoms with van der Waals surface area (Å²) in [6, 6.07) is 7.84. The molecule has 0 spiro atoms. The molecule has 2 rings (SSSR count). The molecule has 0 aliphatic rings. The Morgan fingerprint density at radius 2 is 2.26 bits per heavy atom. The van der Waals surface area contributed by atoms with Crippen LogP contribution >= 0.6 is 11.3 Å². The number of carbonyl (C=O) groups excluding carboxylic acids is 1. The van der Waals surface area contributed by atoms with Crippen molar-refractivity contribution >= 4 is 22.5 Å². The number of anilines is 1. The standard InChI is InChI=1S/C14H17N3OS/c1-3-12-9-19-14(16-12)17-13(18)15-8-11-6-4-5-10(2)7-11/h4-7,9H,3,8H2,1-2H3,(H2,15,16,17,18). The zero-order chi connectivity index (χ0) is 13.7. The van der Waals surface area contributed by atoms with Crippen LogP contribution in [-0.4, -0.2) is 11.0 Å². The number of rotatable bonds is 4. The van der Waals surface area contributed by atoms with Gasteiger partial charge in [0.15, 0.2) is 5.13 Å². The van der Waals surface area contributed by atoms with Crippen molar-refractivity contribution in [2.45, 2.75) is 26.8 Å². The zero-order valence-electron chi connectivity index (χ0n) is 11.1. The molecule has 4 nitrogen and oxygen atoms in total. The smallest absolute Gasteiger partial charge is 0.321 e. The lowest BCUT2D eigenvalue weighted by molar-refractivity contribution is 0.251. The van der Waals surface area contributed by atoms with Crippen molar-refractivity contribution in [3.05, 3.63) is 46.5 Å². The number of hydrogen-bond donors (Lipinski definition) is 2. The molecule has 2 amide bonds. The number of amides is 2. The van der Waals surface area contributed by atoms with E-state index >= 15 is 0 Å². The summed E-state index contributed by atoms with van der Waals surface area (Å²) in [5, 5.41) is 8.15. The van der Waals surface area contributed by atoms with Crippen molar-refractivity contribution in [2.75, 3.05) is 5.32 Å². The summed E-state index contributed by atoms with van der Waals surface area (Å²) >= 11 is 1.44. The second kappa shape index (κ2) is 6.33. The lowest BCUT2D eigenvalue weighted by Gasteiger charge is -2.06. The molecule has 0 atom stereocenters. The van der Waals surface area contributed by atoms with E-state index in [0.717, 1.165) is 17.7 Å². The van der Waals surface area contributed by atoms with Gasteiger partial charge in [-0.15, -0.1) is 11.3 Å². The number of nitrogens with one attached hydrogen (secondary N) is 2. The number of aromatic nitrogens is 1. The second-order valence-corrected chi connectivity index (χ2v) is 5.15. The summed E-state index contributed by atoms with van der Waals surface area (Å²) in [7, 11) is 0. The van der Waals surface area contributed by atoms with Crippen LogP contribution in [0.4, 0.5) is 9.93 Å². The van der Waals surface area contributed by atoms with E-state index in [4.69, 9.17) is 0 Å². The second-order valence-electron chi connectivity index (χ2n) is 4.29. The van der Waals surface area contributed by atoms with Crippen LogP contribution in [0.3, 0.4) is 0 Å². The Balaban J connectivity index is 1.84. The van der Waals surface area contributed by atoms with Crippen LogP contribution in [0, 0.1) is 6.92 Å². The average molecular weight is 275 g/mol. The Labute approximate surface area is 116 Å². The van der Waals surface area contributed by atoms with Gasteiger partial charge in [-0.3, -0.25) is 5.32 Å². The van der Waals surface area contributed by atoms with Gasteiger partial charge in [0.2, 0.25) is 0 Å². The third-order valence-corrected chi connectivity index (χ3v) is 3.48. The van der Waals surface area contributed by atoms with Crippen LogP contribution in [0.15, 0.2) is 29.6 Å². The fourth-order valence-electron chi connectivity index (χ4n) is 1.67. The molecule has 0 radical (unpaired) electrons. The Morgan fingerprint density at radius 3 is 2.95 bits per heavy atom. The molecule has 0 bridgehead atoms. The van der Waals surface area contributed by atoms with E-state index < -0.39 is 0 Å². The van der Waals surface area contributed by atoms with Crippen molar-refractivity contribution in [3.8, 4) is 0 Å². The van der Waals surface area contributed by atoms with Gasteiger partial charge in [-0.05, 0) is 18.9 Å². The van der Waals surface area contributed by atoms with Crippen LogP contribution in [0.5, 0.6) is 0 Å². The molecule has 1 heterocycles. The largest absolute Gasteiger partial charge is 0.334 e. The highest BCUT2D eigenvalue weighted by atomic mass is 32.1. The molecule has 2 aromatic rings. The van der Waals surface area contributed by atoms with Crippen LogP contribution < -0.4 is 10.6 Å². The molecule has 0 fully saturated rings. The third-order valence-electron chi connectivity index (χ3n) is 2.67. The summed E-state index contributed by atoms with van der Waals surface area (Å²) in [5.74, 6) is 0. The lowest BCUT2D eigenvalue weighted by atomic mass is 10.1. The van der Waals surface area contributed by atoms with Gasteiger partial charge in [-0.2, -0.15) is 0 Å². The van der Waals surface area contributed by atoms with Gasteiger partial charge >= 0.3 is 6.03 Å². The first kappa shape index (κ1) is 13.5. The third kappa shape index (κ3) is 4.06. The first-order chi connectivity index (χ1) is 9.17. The van der Waals surface area contributed by atoms with E-state index in [0.29, 0.717) is 11.7 Å². The van der Waals surface area contributed by atoms with Gasteiger partial charge in [0.05, 0.1) is 5.69 Å². The van der Waals surface area contributed by atoms with E-state index in [9.17, 15) is 4.79 Å². The molecule has 0 aliphatic heterocycles. The molecule has 1 aromatic heterocycles. The number of benzene rings is 1. The summed E-state index contributed by atoms with van der Waals surface area (Å²) in [5.41, 5.74) is 3.27. The zero-order valence-corrected chi connectivity index (χ0v) is 11.9. The van der Waals surface area contributed by atoms with Crippen molar-refractivity contribution in [1.82, 2.24) is 10.3 Å². The lowest BCUT2D eigenvalue weighted by Crippen LogP contribution is -2.28. The molecule has 5 heteroatoms. The molecule has 0 saturated carbocycles. The highest BCUT2D eigenvalue weighted by Crippen LogP contribution is 2.15. The van der Waals surface area contributed by atoms with Gasteiger partial charge in [-0.25, -0.2) is 9.78 Å². The van der Waals surface area contributed by atoms with Crippen molar-refractivity contribution in [2.24, 2.45) is 0 Å². The van der Waals surface area contributed by atoms with Crippen molar-refractivity contribution < 1.29 is 4.79 Å². The number of thiazole rings is 1. The predicted molar refractivity (Wildman–Crippen MR) is 78.5 cm³/mol. The van der Waals surface area contributed by atoms with Gasteiger partial charge in [0.25, 0.3) is 0 Å². The SMILES string of the molecule is CCc1csc(NC(=O)NCc2cccc(C)c2)n1. The van der Waals surface area contributed by atoms with E-state index in [1.54, 1.807) is 0 Å². The predicted octanol–water partition coefficient (Wildman–Crippen LogP) is 3.34. The number of nitrogens with zero attached hydrogens (tertiary/aromatic N) is 1. The fraction of sp³-hybridized carbons (Fsp3) is 0.286. The van der Waals surface area contributed by atoms with Crippen molar-refractivity contribution in [3.63, 3.8) is 0 Å². The molecule has 19 heavy (non-hydrogen) atoms. The van der Waals surface area contributed by atoms with Gasteiger partial charge < -0.3 is 5.32 Å². The normalized spacial score (nSPS) is 10.2. The van der Waals surface area contributed by atoms with Crippen molar-refractivity contribution in [1.29, 1.82) is 0 Å². The minimum Gasteiger partial charge on any atom is -0.334 e. The molecule has 0 unspecified atom stereocenters. The van der Waals surface area contributed by atoms with E-state index in [2.05, 4.69) is 21.7 Å². The molecular weight excluding hydrogens is 258 g/mol. The van der Waals surface area contributed by atoms with Crippen LogP contribution in [0.1, 0.15) is 23.7 Å². The fourth-order valence-corrected chi connectivity index (χ4v) is 2.46. The minimum absolute atomic E-state index is 0.224. The Kier molecular flexibility index (Phi) is 4.52. The number of urea groups is 1. The van der Waals surface area contributed by atoms with Gasteiger partial charge in [0.1, 0.15) is 0 Å². The molecule has 0 aliphatic carbocycles. The van der Waals surface area contributed by atoms with E-state index in [1.807, 2.05) is 37.4 Å². The molecule has 1 aromatic carbocycles. The van der Waals surface area contributed by atoms with Crippen LogP contribution in [-0.2, 0) is 13.0 Å². The van der Waals surface area contributed by atoms with Gasteiger partial charge in [0, 0.05) is 11.9 Å². The summed E-state index contributed by atoms with van der Waals surface area (Å²) in [4.78, 5) is 16.0. The maximum atomic E-state index is 11.7. The van der Waals surface area contributed by atoms with Crippen LogP contribution in [0.2, 0.25) is 0 Å². The molecule has 2 N–H and O–H groups in total. The minimum atomic E-state index is -0.224. The maximum absolute atomic E-state index is 11.7. The molecule has 100 valence electrons. The Bertz CT molecular complexity index is 565. The van der Waals surface area contributed by atoms with E-state index in [1.165, 1.54) is 16.9 Å². The maximum Gasteiger partial charge on any atom is 0.321 e. The number of aryl methyl sites for hydroxylation is 2. The highest BCUT2D eigenvalue weighted by Gasteiger charge is 2.05.